The first kappa shape index (κ1) is 17.5. The molecule has 0 aromatic carbocycles. The highest BCUT2D eigenvalue weighted by atomic mass is 16.6. The van der Waals surface area contributed by atoms with Crippen LogP contribution in [0.2, 0.25) is 0 Å². The van der Waals surface area contributed by atoms with Gasteiger partial charge in [-0.15, -0.1) is 5.10 Å². The number of hydrogen-bond donors (Lipinski definition) is 0. The summed E-state index contributed by atoms with van der Waals surface area (Å²) in [6.45, 7) is 9.11. The van der Waals surface area contributed by atoms with Crippen molar-refractivity contribution in [1.29, 1.82) is 0 Å². The number of carbonyl (C=O) groups excluding carboxylic acids is 1. The molecule has 1 aromatic rings. The number of piperidine rings is 1. The lowest BCUT2D eigenvalue weighted by molar-refractivity contribution is 0.0108. The van der Waals surface area contributed by atoms with E-state index in [1.165, 1.54) is 0 Å². The molecule has 0 radical (unpaired) electrons. The zero-order valence-corrected chi connectivity index (χ0v) is 14.9. The highest BCUT2D eigenvalue weighted by molar-refractivity contribution is 5.68. The summed E-state index contributed by atoms with van der Waals surface area (Å²) in [5.74, 6) is 0.824. The molecule has 2 heterocycles. The molecule has 0 bridgehead atoms. The zero-order valence-electron chi connectivity index (χ0n) is 14.9. The van der Waals surface area contributed by atoms with Crippen molar-refractivity contribution in [1.82, 2.24) is 15.1 Å². The van der Waals surface area contributed by atoms with Crippen LogP contribution in [0.1, 0.15) is 45.7 Å². The number of hydrogen-bond acceptors (Lipinski definition) is 5. The monoisotopic (exact) mass is 320 g/mol. The van der Waals surface area contributed by atoms with Crippen LogP contribution < -0.4 is 4.90 Å². The fraction of sp³-hybridized carbons (Fsp3) is 0.706. The van der Waals surface area contributed by atoms with Gasteiger partial charge in [-0.05, 0) is 59.1 Å². The topological polar surface area (TPSA) is 58.6 Å². The number of carbonyl (C=O) groups is 1. The van der Waals surface area contributed by atoms with Crippen molar-refractivity contribution in [2.45, 2.75) is 58.6 Å². The summed E-state index contributed by atoms with van der Waals surface area (Å²) < 4.78 is 5.55. The molecule has 6 nitrogen and oxygen atoms in total. The van der Waals surface area contributed by atoms with E-state index in [9.17, 15) is 4.79 Å². The summed E-state index contributed by atoms with van der Waals surface area (Å²) in [6, 6.07) is 4.06. The van der Waals surface area contributed by atoms with E-state index in [1.54, 1.807) is 0 Å². The third-order valence-corrected chi connectivity index (χ3v) is 3.91. The van der Waals surface area contributed by atoms with Crippen molar-refractivity contribution in [2.75, 3.05) is 25.0 Å². The Morgan fingerprint density at radius 1 is 1.35 bits per heavy atom. The van der Waals surface area contributed by atoms with Crippen LogP contribution in [0.15, 0.2) is 12.1 Å². The minimum absolute atomic E-state index is 0.145. The minimum atomic E-state index is -0.465. The number of likely N-dealkylation sites (tertiary alicyclic amines) is 1. The summed E-state index contributed by atoms with van der Waals surface area (Å²) in [4.78, 5) is 16.4. The Labute approximate surface area is 138 Å². The second-order valence-electron chi connectivity index (χ2n) is 7.24. The first-order chi connectivity index (χ1) is 10.8. The number of amides is 1. The Hall–Kier alpha value is -1.85. The Morgan fingerprint density at radius 3 is 2.70 bits per heavy atom. The summed E-state index contributed by atoms with van der Waals surface area (Å²) in [6.07, 6.45) is 2.94. The molecule has 1 aliphatic rings. The molecule has 1 aromatic heterocycles. The molecule has 1 atom stereocenters. The zero-order chi connectivity index (χ0) is 17.0. The first-order valence-electron chi connectivity index (χ1n) is 8.27. The molecular weight excluding hydrogens is 292 g/mol. The van der Waals surface area contributed by atoms with Gasteiger partial charge in [0.1, 0.15) is 5.60 Å². The fourth-order valence-corrected chi connectivity index (χ4v) is 2.76. The lowest BCUT2D eigenvalue weighted by atomic mass is 10.0. The van der Waals surface area contributed by atoms with E-state index in [-0.39, 0.29) is 12.1 Å². The first-order valence-corrected chi connectivity index (χ1v) is 8.27. The van der Waals surface area contributed by atoms with Crippen LogP contribution in [-0.2, 0) is 4.74 Å². The van der Waals surface area contributed by atoms with Crippen molar-refractivity contribution < 1.29 is 9.53 Å². The van der Waals surface area contributed by atoms with Crippen LogP contribution in [0.4, 0.5) is 10.6 Å². The highest BCUT2D eigenvalue weighted by Gasteiger charge is 2.31. The largest absolute Gasteiger partial charge is 0.444 e. The van der Waals surface area contributed by atoms with E-state index >= 15 is 0 Å². The van der Waals surface area contributed by atoms with Gasteiger partial charge in [0.2, 0.25) is 0 Å². The third-order valence-electron chi connectivity index (χ3n) is 3.91. The Bertz CT molecular complexity index is 524. The van der Waals surface area contributed by atoms with Crippen molar-refractivity contribution in [3.63, 3.8) is 0 Å². The van der Waals surface area contributed by atoms with Gasteiger partial charge in [-0.25, -0.2) is 4.79 Å². The van der Waals surface area contributed by atoms with E-state index < -0.39 is 5.60 Å². The van der Waals surface area contributed by atoms with Gasteiger partial charge in [-0.1, -0.05) is 0 Å². The van der Waals surface area contributed by atoms with Crippen molar-refractivity contribution in [3.8, 4) is 0 Å². The molecule has 2 rings (SSSR count). The standard InChI is InChI=1S/C17H28N4O2/c1-13-9-10-15(19-18-13)20(5)12-14-8-6-7-11-21(14)16(22)23-17(2,3)4/h9-10,14H,6-8,11-12H2,1-5H3. The van der Waals surface area contributed by atoms with E-state index in [0.717, 1.165) is 43.9 Å². The van der Waals surface area contributed by atoms with Gasteiger partial charge >= 0.3 is 6.09 Å². The Balaban J connectivity index is 2.03. The summed E-state index contributed by atoms with van der Waals surface area (Å²) in [5.41, 5.74) is 0.433. The molecule has 0 N–H and O–H groups in total. The summed E-state index contributed by atoms with van der Waals surface area (Å²) in [7, 11) is 1.99. The second-order valence-corrected chi connectivity index (χ2v) is 7.24. The Morgan fingerprint density at radius 2 is 2.09 bits per heavy atom. The SMILES string of the molecule is Cc1ccc(N(C)CC2CCCCN2C(=O)OC(C)(C)C)nn1. The van der Waals surface area contributed by atoms with Crippen LogP contribution in [0, 0.1) is 6.92 Å². The third kappa shape index (κ3) is 5.08. The average Bonchev–Trinajstić information content (AvgIpc) is 2.46. The predicted octanol–water partition coefficient (Wildman–Crippen LogP) is 3.01. The normalized spacial score (nSPS) is 18.7. The molecule has 1 amide bonds. The van der Waals surface area contributed by atoms with Crippen LogP contribution >= 0.6 is 0 Å². The molecule has 1 fully saturated rings. The van der Waals surface area contributed by atoms with Crippen LogP contribution in [0.5, 0.6) is 0 Å². The number of aryl methyl sites for hydroxylation is 1. The van der Waals surface area contributed by atoms with E-state index in [4.69, 9.17) is 4.74 Å². The van der Waals surface area contributed by atoms with E-state index in [2.05, 4.69) is 15.1 Å². The molecule has 0 spiro atoms. The summed E-state index contributed by atoms with van der Waals surface area (Å²) >= 11 is 0. The van der Waals surface area contributed by atoms with Crippen molar-refractivity contribution >= 4 is 11.9 Å². The van der Waals surface area contributed by atoms with Gasteiger partial charge in [0, 0.05) is 20.1 Å². The van der Waals surface area contributed by atoms with Gasteiger partial charge in [0.25, 0.3) is 0 Å². The second kappa shape index (κ2) is 7.15. The predicted molar refractivity (Wildman–Crippen MR) is 90.6 cm³/mol. The molecule has 1 unspecified atom stereocenters. The van der Waals surface area contributed by atoms with Gasteiger partial charge < -0.3 is 14.5 Å². The summed E-state index contributed by atoms with van der Waals surface area (Å²) in [5, 5.41) is 8.31. The molecule has 1 saturated heterocycles. The quantitative estimate of drug-likeness (QED) is 0.857. The Kier molecular flexibility index (Phi) is 5.44. The maximum absolute atomic E-state index is 12.4. The van der Waals surface area contributed by atoms with Crippen molar-refractivity contribution in [2.24, 2.45) is 0 Å². The minimum Gasteiger partial charge on any atom is -0.444 e. The van der Waals surface area contributed by atoms with Gasteiger partial charge in [0.05, 0.1) is 11.7 Å². The average molecular weight is 320 g/mol. The molecule has 0 saturated carbocycles. The molecule has 1 aliphatic heterocycles. The van der Waals surface area contributed by atoms with Crippen LogP contribution in [0.3, 0.4) is 0 Å². The molecular formula is C17H28N4O2. The van der Waals surface area contributed by atoms with Crippen LogP contribution in [-0.4, -0.2) is 53.0 Å². The number of anilines is 1. The van der Waals surface area contributed by atoms with Crippen molar-refractivity contribution in [3.05, 3.63) is 17.8 Å². The molecule has 128 valence electrons. The van der Waals surface area contributed by atoms with E-state index in [1.807, 2.05) is 51.8 Å². The maximum atomic E-state index is 12.4. The number of likely N-dealkylation sites (N-methyl/N-ethyl adjacent to an activating group) is 1. The van der Waals surface area contributed by atoms with Crippen LogP contribution in [0.25, 0.3) is 0 Å². The maximum Gasteiger partial charge on any atom is 0.410 e. The van der Waals surface area contributed by atoms with Gasteiger partial charge in [0.15, 0.2) is 5.82 Å². The van der Waals surface area contributed by atoms with Gasteiger partial charge in [-0.2, -0.15) is 5.10 Å². The van der Waals surface area contributed by atoms with E-state index in [0.29, 0.717) is 0 Å². The van der Waals surface area contributed by atoms with Gasteiger partial charge in [-0.3, -0.25) is 0 Å². The smallest absolute Gasteiger partial charge is 0.410 e. The number of ether oxygens (including phenoxy) is 1. The number of nitrogens with zero attached hydrogens (tertiary/aromatic N) is 4. The highest BCUT2D eigenvalue weighted by Crippen LogP contribution is 2.22. The lowest BCUT2D eigenvalue weighted by Crippen LogP contribution is -2.50. The number of aromatic nitrogens is 2. The lowest BCUT2D eigenvalue weighted by Gasteiger charge is -2.38. The molecule has 6 heteroatoms. The number of rotatable bonds is 3. The molecule has 23 heavy (non-hydrogen) atoms. The fourth-order valence-electron chi connectivity index (χ4n) is 2.76. The molecule has 0 aliphatic carbocycles.